The van der Waals surface area contributed by atoms with E-state index in [4.69, 9.17) is 0 Å². The van der Waals surface area contributed by atoms with Crippen molar-refractivity contribution in [1.29, 1.82) is 0 Å². The summed E-state index contributed by atoms with van der Waals surface area (Å²) in [5, 5.41) is 3.50. The Bertz CT molecular complexity index is 490. The van der Waals surface area contributed by atoms with Crippen LogP contribution >= 0.6 is 0 Å². The van der Waals surface area contributed by atoms with Gasteiger partial charge in [-0.05, 0) is 30.9 Å². The molecule has 2 aromatic rings. The van der Waals surface area contributed by atoms with E-state index < -0.39 is 0 Å². The number of hydrogen-bond donors (Lipinski definition) is 1. The van der Waals surface area contributed by atoms with Gasteiger partial charge in [-0.2, -0.15) is 0 Å². The fraction of sp³-hybridized carbons (Fsp3) is 0.471. The zero-order valence-corrected chi connectivity index (χ0v) is 12.5. The van der Waals surface area contributed by atoms with Crippen LogP contribution in [0.1, 0.15) is 44.0 Å². The first-order valence-electron chi connectivity index (χ1n) is 7.57. The van der Waals surface area contributed by atoms with Crippen molar-refractivity contribution in [3.8, 4) is 0 Å². The van der Waals surface area contributed by atoms with Crippen LogP contribution in [0.2, 0.25) is 0 Å². The first-order valence-corrected chi connectivity index (χ1v) is 7.57. The lowest BCUT2D eigenvalue weighted by Crippen LogP contribution is -2.19. The quantitative estimate of drug-likeness (QED) is 0.744. The van der Waals surface area contributed by atoms with Crippen LogP contribution in [0.15, 0.2) is 42.7 Å². The summed E-state index contributed by atoms with van der Waals surface area (Å²) in [7, 11) is 0. The van der Waals surface area contributed by atoms with Crippen molar-refractivity contribution in [3.63, 3.8) is 0 Å². The molecule has 0 aliphatic rings. The van der Waals surface area contributed by atoms with E-state index in [9.17, 15) is 0 Å². The Kier molecular flexibility index (Phi) is 5.81. The molecule has 1 atom stereocenters. The lowest BCUT2D eigenvalue weighted by molar-refractivity contribution is 0.556. The number of aryl methyl sites for hydroxylation is 1. The number of aromatic nitrogens is 2. The smallest absolute Gasteiger partial charge is 0.122 e. The van der Waals surface area contributed by atoms with Crippen LogP contribution in [-0.4, -0.2) is 16.1 Å². The van der Waals surface area contributed by atoms with Gasteiger partial charge in [0.05, 0.1) is 6.54 Å². The zero-order valence-electron chi connectivity index (χ0n) is 12.5. The predicted molar refractivity (Wildman–Crippen MR) is 83.7 cm³/mol. The molecule has 3 heteroatoms. The molecule has 1 heterocycles. The van der Waals surface area contributed by atoms with E-state index in [2.05, 4.69) is 65.2 Å². The normalized spacial score (nSPS) is 12.5. The van der Waals surface area contributed by atoms with E-state index in [0.29, 0.717) is 5.92 Å². The molecule has 0 amide bonds. The highest BCUT2D eigenvalue weighted by Crippen LogP contribution is 2.17. The van der Waals surface area contributed by atoms with Gasteiger partial charge in [0.1, 0.15) is 5.82 Å². The number of benzene rings is 1. The van der Waals surface area contributed by atoms with E-state index in [1.165, 1.54) is 5.56 Å². The molecule has 0 spiro atoms. The average Bonchev–Trinajstić information content (AvgIpc) is 2.92. The number of imidazole rings is 1. The third-order valence-electron chi connectivity index (χ3n) is 3.67. The van der Waals surface area contributed by atoms with Crippen molar-refractivity contribution in [2.24, 2.45) is 0 Å². The van der Waals surface area contributed by atoms with Gasteiger partial charge in [-0.3, -0.25) is 0 Å². The number of nitrogens with one attached hydrogen (secondary N) is 1. The maximum atomic E-state index is 4.41. The second-order valence-corrected chi connectivity index (χ2v) is 5.31. The summed E-state index contributed by atoms with van der Waals surface area (Å²) in [5.74, 6) is 1.73. The second kappa shape index (κ2) is 7.85. The fourth-order valence-corrected chi connectivity index (χ4v) is 2.42. The highest BCUT2D eigenvalue weighted by molar-refractivity contribution is 5.18. The Morgan fingerprint density at radius 3 is 2.80 bits per heavy atom. The molecular formula is C17H25N3. The minimum atomic E-state index is 0.596. The molecule has 1 unspecified atom stereocenters. The Morgan fingerprint density at radius 1 is 1.25 bits per heavy atom. The molecule has 0 bridgehead atoms. The summed E-state index contributed by atoms with van der Waals surface area (Å²) in [6, 6.07) is 10.7. The highest BCUT2D eigenvalue weighted by atomic mass is 15.1. The summed E-state index contributed by atoms with van der Waals surface area (Å²) in [4.78, 5) is 4.41. The van der Waals surface area contributed by atoms with E-state index in [1.807, 2.05) is 6.20 Å². The van der Waals surface area contributed by atoms with Crippen molar-refractivity contribution in [1.82, 2.24) is 14.9 Å². The molecule has 20 heavy (non-hydrogen) atoms. The molecule has 108 valence electrons. The Hall–Kier alpha value is -1.61. The molecule has 3 nitrogen and oxygen atoms in total. The first kappa shape index (κ1) is 14.8. The van der Waals surface area contributed by atoms with E-state index in [1.54, 1.807) is 0 Å². The van der Waals surface area contributed by atoms with Crippen LogP contribution in [0.5, 0.6) is 0 Å². The van der Waals surface area contributed by atoms with Crippen LogP contribution in [0.3, 0.4) is 0 Å². The number of nitrogens with zero attached hydrogens (tertiary/aromatic N) is 2. The molecule has 0 saturated carbocycles. The molecule has 1 aromatic heterocycles. The lowest BCUT2D eigenvalue weighted by Gasteiger charge is -2.12. The summed E-state index contributed by atoms with van der Waals surface area (Å²) in [5.41, 5.74) is 1.42. The molecule has 0 aliphatic carbocycles. The zero-order chi connectivity index (χ0) is 14.2. The van der Waals surface area contributed by atoms with Gasteiger partial charge in [-0.1, -0.05) is 44.2 Å². The summed E-state index contributed by atoms with van der Waals surface area (Å²) in [6.07, 6.45) is 6.25. The van der Waals surface area contributed by atoms with E-state index in [-0.39, 0.29) is 0 Å². The van der Waals surface area contributed by atoms with Gasteiger partial charge < -0.3 is 9.88 Å². The standard InChI is InChI=1S/C17H25N3/c1-3-12-20-13-11-19-17(20)14-18-10-9-15(2)16-7-5-4-6-8-16/h4-8,11,13,15,18H,3,9-10,12,14H2,1-2H3. The predicted octanol–water partition coefficient (Wildman–Crippen LogP) is 3.58. The van der Waals surface area contributed by atoms with Crippen LogP contribution in [0.25, 0.3) is 0 Å². The third kappa shape index (κ3) is 4.20. The maximum absolute atomic E-state index is 4.41. The van der Waals surface area contributed by atoms with E-state index >= 15 is 0 Å². The summed E-state index contributed by atoms with van der Waals surface area (Å²) >= 11 is 0. The maximum Gasteiger partial charge on any atom is 0.122 e. The molecule has 0 radical (unpaired) electrons. The van der Waals surface area contributed by atoms with Crippen molar-refractivity contribution < 1.29 is 0 Å². The Labute approximate surface area is 122 Å². The SMILES string of the molecule is CCCn1ccnc1CNCCC(C)c1ccccc1. The van der Waals surface area contributed by atoms with Crippen molar-refractivity contribution in [2.45, 2.75) is 45.7 Å². The Balaban J connectivity index is 1.72. The number of rotatable bonds is 8. The van der Waals surface area contributed by atoms with Gasteiger partial charge in [0, 0.05) is 18.9 Å². The van der Waals surface area contributed by atoms with Crippen LogP contribution < -0.4 is 5.32 Å². The summed E-state index contributed by atoms with van der Waals surface area (Å²) < 4.78 is 2.23. The largest absolute Gasteiger partial charge is 0.334 e. The lowest BCUT2D eigenvalue weighted by atomic mass is 9.98. The van der Waals surface area contributed by atoms with Gasteiger partial charge >= 0.3 is 0 Å². The summed E-state index contributed by atoms with van der Waals surface area (Å²) in [6.45, 7) is 7.41. The average molecular weight is 271 g/mol. The van der Waals surface area contributed by atoms with Gasteiger partial charge in [0.2, 0.25) is 0 Å². The van der Waals surface area contributed by atoms with Crippen molar-refractivity contribution in [3.05, 3.63) is 54.1 Å². The number of hydrogen-bond acceptors (Lipinski definition) is 2. The van der Waals surface area contributed by atoms with Gasteiger partial charge in [-0.25, -0.2) is 4.98 Å². The third-order valence-corrected chi connectivity index (χ3v) is 3.67. The first-order chi connectivity index (χ1) is 9.81. The van der Waals surface area contributed by atoms with Gasteiger partial charge in [0.15, 0.2) is 0 Å². The molecule has 1 N–H and O–H groups in total. The van der Waals surface area contributed by atoms with Crippen molar-refractivity contribution in [2.75, 3.05) is 6.54 Å². The second-order valence-electron chi connectivity index (χ2n) is 5.31. The van der Waals surface area contributed by atoms with Crippen LogP contribution in [-0.2, 0) is 13.1 Å². The highest BCUT2D eigenvalue weighted by Gasteiger charge is 2.05. The van der Waals surface area contributed by atoms with Gasteiger partial charge in [-0.15, -0.1) is 0 Å². The fourth-order valence-electron chi connectivity index (χ4n) is 2.42. The molecule has 2 rings (SSSR count). The molecule has 0 saturated heterocycles. The molecule has 1 aromatic carbocycles. The Morgan fingerprint density at radius 2 is 2.05 bits per heavy atom. The minimum Gasteiger partial charge on any atom is -0.334 e. The van der Waals surface area contributed by atoms with E-state index in [0.717, 1.165) is 38.3 Å². The van der Waals surface area contributed by atoms with Gasteiger partial charge in [0.25, 0.3) is 0 Å². The molecule has 0 fully saturated rings. The van der Waals surface area contributed by atoms with Crippen LogP contribution in [0.4, 0.5) is 0 Å². The monoisotopic (exact) mass is 271 g/mol. The van der Waals surface area contributed by atoms with Crippen molar-refractivity contribution >= 4 is 0 Å². The molecule has 0 aliphatic heterocycles. The topological polar surface area (TPSA) is 29.9 Å². The van der Waals surface area contributed by atoms with Crippen LogP contribution in [0, 0.1) is 0 Å². The minimum absolute atomic E-state index is 0.596. The molecular weight excluding hydrogens is 246 g/mol.